The number of hydrogen-bond acceptors (Lipinski definition) is 5. The topological polar surface area (TPSA) is 54.2 Å². The summed E-state index contributed by atoms with van der Waals surface area (Å²) in [5.74, 6) is 5.41. The predicted octanol–water partition coefficient (Wildman–Crippen LogP) is 2.49. The molecule has 0 fully saturated rings. The van der Waals surface area contributed by atoms with E-state index in [9.17, 15) is 0 Å². The number of hydrogen-bond donors (Lipinski definition) is 2. The van der Waals surface area contributed by atoms with Gasteiger partial charge < -0.3 is 5.43 Å². The quantitative estimate of drug-likeness (QED) is 0.629. The number of rotatable bonds is 6. The number of nitrogens with one attached hydrogen (secondary N) is 1. The third-order valence-corrected chi connectivity index (χ3v) is 4.12. The van der Waals surface area contributed by atoms with Crippen LogP contribution in [-0.4, -0.2) is 23.0 Å². The van der Waals surface area contributed by atoms with E-state index in [1.165, 1.54) is 4.88 Å². The molecular weight excluding hydrogens is 256 g/mol. The molecule has 1 atom stereocenters. The molecule has 2 heterocycles. The van der Waals surface area contributed by atoms with Crippen LogP contribution < -0.4 is 11.3 Å². The Kier molecular flexibility index (Phi) is 4.90. The van der Waals surface area contributed by atoms with Gasteiger partial charge in [0.05, 0.1) is 11.4 Å². The standard InChI is InChI=1S/C14H20N4S/c1-11(8-14-4-3-7-19-14)18(2)10-13-9-12(17-15)5-6-16-13/h3-7,9,11H,8,10,15H2,1-2H3,(H,16,17). The number of anilines is 1. The van der Waals surface area contributed by atoms with Crippen LogP contribution >= 0.6 is 11.3 Å². The number of pyridine rings is 1. The molecule has 0 aliphatic rings. The Hall–Kier alpha value is -1.43. The predicted molar refractivity (Wildman–Crippen MR) is 81.0 cm³/mol. The average Bonchev–Trinajstić information content (AvgIpc) is 2.91. The third kappa shape index (κ3) is 4.02. The van der Waals surface area contributed by atoms with Crippen molar-refractivity contribution in [3.05, 3.63) is 46.4 Å². The Morgan fingerprint density at radius 1 is 1.47 bits per heavy atom. The number of nitrogens with zero attached hydrogens (tertiary/aromatic N) is 2. The highest BCUT2D eigenvalue weighted by Gasteiger charge is 2.11. The van der Waals surface area contributed by atoms with Crippen LogP contribution in [0.1, 0.15) is 17.5 Å². The fraction of sp³-hybridized carbons (Fsp3) is 0.357. The first-order valence-corrected chi connectivity index (χ1v) is 7.21. The molecule has 102 valence electrons. The first-order chi connectivity index (χ1) is 9.19. The molecule has 0 aromatic carbocycles. The Labute approximate surface area is 118 Å². The van der Waals surface area contributed by atoms with E-state index in [1.807, 2.05) is 23.5 Å². The summed E-state index contributed by atoms with van der Waals surface area (Å²) < 4.78 is 0. The van der Waals surface area contributed by atoms with Crippen molar-refractivity contribution in [2.24, 2.45) is 5.84 Å². The fourth-order valence-corrected chi connectivity index (χ4v) is 2.77. The van der Waals surface area contributed by atoms with Gasteiger partial charge in [0.2, 0.25) is 0 Å². The van der Waals surface area contributed by atoms with E-state index in [4.69, 9.17) is 5.84 Å². The van der Waals surface area contributed by atoms with Crippen molar-refractivity contribution < 1.29 is 0 Å². The Morgan fingerprint density at radius 3 is 3.00 bits per heavy atom. The molecule has 2 rings (SSSR count). The van der Waals surface area contributed by atoms with Crippen LogP contribution in [0.2, 0.25) is 0 Å². The van der Waals surface area contributed by atoms with Crippen LogP contribution in [0.4, 0.5) is 5.69 Å². The molecule has 5 heteroatoms. The normalized spacial score (nSPS) is 12.6. The molecule has 0 radical (unpaired) electrons. The van der Waals surface area contributed by atoms with E-state index in [-0.39, 0.29) is 0 Å². The van der Waals surface area contributed by atoms with Crippen molar-refractivity contribution in [3.63, 3.8) is 0 Å². The number of thiophene rings is 1. The van der Waals surface area contributed by atoms with E-state index >= 15 is 0 Å². The van der Waals surface area contributed by atoms with Gasteiger partial charge in [-0.1, -0.05) is 6.07 Å². The minimum absolute atomic E-state index is 0.481. The minimum Gasteiger partial charge on any atom is -0.324 e. The van der Waals surface area contributed by atoms with Crippen LogP contribution in [0.3, 0.4) is 0 Å². The molecule has 1 unspecified atom stereocenters. The average molecular weight is 276 g/mol. The van der Waals surface area contributed by atoms with Gasteiger partial charge in [0.1, 0.15) is 0 Å². The summed E-state index contributed by atoms with van der Waals surface area (Å²) in [7, 11) is 2.13. The van der Waals surface area contributed by atoms with Crippen LogP contribution in [-0.2, 0) is 13.0 Å². The number of hydrazine groups is 1. The van der Waals surface area contributed by atoms with Gasteiger partial charge in [-0.2, -0.15) is 0 Å². The van der Waals surface area contributed by atoms with Gasteiger partial charge in [-0.05, 0) is 44.0 Å². The SMILES string of the molecule is CC(Cc1cccs1)N(C)Cc1cc(NN)ccn1. The lowest BCUT2D eigenvalue weighted by atomic mass is 10.2. The molecule has 0 bridgehead atoms. The molecule has 3 N–H and O–H groups in total. The highest BCUT2D eigenvalue weighted by atomic mass is 32.1. The van der Waals surface area contributed by atoms with Gasteiger partial charge in [0, 0.05) is 23.7 Å². The zero-order valence-corrected chi connectivity index (χ0v) is 12.2. The molecule has 0 saturated carbocycles. The van der Waals surface area contributed by atoms with Crippen LogP contribution in [0.25, 0.3) is 0 Å². The van der Waals surface area contributed by atoms with Crippen molar-refractivity contribution in [2.75, 3.05) is 12.5 Å². The molecule has 0 amide bonds. The van der Waals surface area contributed by atoms with Crippen molar-refractivity contribution in [3.8, 4) is 0 Å². The molecule has 0 spiro atoms. The number of aromatic nitrogens is 1. The van der Waals surface area contributed by atoms with Crippen LogP contribution in [0.5, 0.6) is 0 Å². The van der Waals surface area contributed by atoms with E-state index < -0.39 is 0 Å². The fourth-order valence-electron chi connectivity index (χ4n) is 1.94. The monoisotopic (exact) mass is 276 g/mol. The van der Waals surface area contributed by atoms with E-state index in [0.717, 1.165) is 24.3 Å². The Balaban J connectivity index is 1.93. The molecule has 0 aliphatic heterocycles. The summed E-state index contributed by atoms with van der Waals surface area (Å²) in [5.41, 5.74) is 4.57. The van der Waals surface area contributed by atoms with E-state index in [0.29, 0.717) is 6.04 Å². The first kappa shape index (κ1) is 14.0. The van der Waals surface area contributed by atoms with E-state index in [2.05, 4.69) is 46.8 Å². The lowest BCUT2D eigenvalue weighted by molar-refractivity contribution is 0.246. The summed E-state index contributed by atoms with van der Waals surface area (Å²) >= 11 is 1.81. The lowest BCUT2D eigenvalue weighted by Crippen LogP contribution is -2.30. The van der Waals surface area contributed by atoms with Gasteiger partial charge in [-0.15, -0.1) is 11.3 Å². The second-order valence-electron chi connectivity index (χ2n) is 4.73. The van der Waals surface area contributed by atoms with Crippen LogP contribution in [0, 0.1) is 0 Å². The maximum Gasteiger partial charge on any atom is 0.0564 e. The second-order valence-corrected chi connectivity index (χ2v) is 5.76. The van der Waals surface area contributed by atoms with Crippen molar-refractivity contribution >= 4 is 17.0 Å². The summed E-state index contributed by atoms with van der Waals surface area (Å²) in [5, 5.41) is 2.12. The Morgan fingerprint density at radius 2 is 2.32 bits per heavy atom. The molecule has 19 heavy (non-hydrogen) atoms. The molecular formula is C14H20N4S. The van der Waals surface area contributed by atoms with Gasteiger partial charge in [0.15, 0.2) is 0 Å². The first-order valence-electron chi connectivity index (χ1n) is 6.33. The third-order valence-electron chi connectivity index (χ3n) is 3.22. The molecule has 4 nitrogen and oxygen atoms in total. The van der Waals surface area contributed by atoms with E-state index in [1.54, 1.807) is 6.20 Å². The summed E-state index contributed by atoms with van der Waals surface area (Å²) in [4.78, 5) is 8.10. The van der Waals surface area contributed by atoms with Crippen molar-refractivity contribution in [1.29, 1.82) is 0 Å². The molecule has 2 aromatic heterocycles. The van der Waals surface area contributed by atoms with Gasteiger partial charge >= 0.3 is 0 Å². The zero-order chi connectivity index (χ0) is 13.7. The van der Waals surface area contributed by atoms with Crippen molar-refractivity contribution in [1.82, 2.24) is 9.88 Å². The maximum absolute atomic E-state index is 5.41. The second kappa shape index (κ2) is 6.65. The minimum atomic E-state index is 0.481. The maximum atomic E-state index is 5.41. The highest BCUT2D eigenvalue weighted by molar-refractivity contribution is 7.09. The summed E-state index contributed by atoms with van der Waals surface area (Å²) in [6.07, 6.45) is 2.85. The number of nitrogens with two attached hydrogens (primary N) is 1. The largest absolute Gasteiger partial charge is 0.324 e. The highest BCUT2D eigenvalue weighted by Crippen LogP contribution is 2.15. The number of nitrogen functional groups attached to an aromatic ring is 1. The van der Waals surface area contributed by atoms with Crippen molar-refractivity contribution in [2.45, 2.75) is 25.9 Å². The summed E-state index contributed by atoms with van der Waals surface area (Å²) in [6.45, 7) is 3.06. The van der Waals surface area contributed by atoms with Gasteiger partial charge in [-0.25, -0.2) is 0 Å². The van der Waals surface area contributed by atoms with Crippen LogP contribution in [0.15, 0.2) is 35.8 Å². The lowest BCUT2D eigenvalue weighted by Gasteiger charge is -2.24. The zero-order valence-electron chi connectivity index (χ0n) is 11.3. The van der Waals surface area contributed by atoms with Gasteiger partial charge in [-0.3, -0.25) is 15.7 Å². The smallest absolute Gasteiger partial charge is 0.0564 e. The molecule has 0 saturated heterocycles. The molecule has 0 aliphatic carbocycles. The number of likely N-dealkylation sites (N-methyl/N-ethyl adjacent to an activating group) is 1. The van der Waals surface area contributed by atoms with Gasteiger partial charge in [0.25, 0.3) is 0 Å². The molecule has 2 aromatic rings. The Bertz CT molecular complexity index is 498. The summed E-state index contributed by atoms with van der Waals surface area (Å²) in [6, 6.07) is 8.61.